The van der Waals surface area contributed by atoms with Gasteiger partial charge >= 0.3 is 0 Å². The molecule has 0 aromatic heterocycles. The van der Waals surface area contributed by atoms with Gasteiger partial charge in [-0.25, -0.2) is 4.39 Å². The molecule has 0 N–H and O–H groups in total. The number of carbonyl (C=O) groups is 1. The highest BCUT2D eigenvalue weighted by molar-refractivity contribution is 6.06. The lowest BCUT2D eigenvalue weighted by molar-refractivity contribution is 0.0989. The minimum Gasteiger partial charge on any atom is -0.310 e. The molecule has 0 fully saturated rings. The van der Waals surface area contributed by atoms with Gasteiger partial charge < -0.3 is 4.90 Å². The fraction of sp³-hybridized carbons (Fsp3) is 0.125. The zero-order chi connectivity index (χ0) is 14.7. The van der Waals surface area contributed by atoms with Gasteiger partial charge in [-0.3, -0.25) is 4.79 Å². The van der Waals surface area contributed by atoms with Crippen molar-refractivity contribution >= 4 is 11.6 Å². The fourth-order valence-corrected chi connectivity index (χ4v) is 1.95. The summed E-state index contributed by atoms with van der Waals surface area (Å²) in [6.45, 7) is 1.79. The monoisotopic (exact) mass is 268 g/mol. The van der Waals surface area contributed by atoms with Crippen molar-refractivity contribution in [2.75, 3.05) is 11.9 Å². The van der Waals surface area contributed by atoms with Crippen molar-refractivity contribution in [2.24, 2.45) is 0 Å². The number of halogens is 1. The SMILES string of the molecule is Cc1ccc(F)c(C(=O)N(C)c2ccccc2C#N)c1. The highest BCUT2D eigenvalue weighted by atomic mass is 19.1. The topological polar surface area (TPSA) is 44.1 Å². The smallest absolute Gasteiger partial charge is 0.261 e. The summed E-state index contributed by atoms with van der Waals surface area (Å²) in [7, 11) is 1.53. The molecule has 2 rings (SSSR count). The highest BCUT2D eigenvalue weighted by Crippen LogP contribution is 2.21. The molecule has 0 saturated heterocycles. The van der Waals surface area contributed by atoms with Gasteiger partial charge in [0.25, 0.3) is 5.91 Å². The molecule has 0 heterocycles. The minimum atomic E-state index is -0.568. The van der Waals surface area contributed by atoms with Crippen molar-refractivity contribution in [3.63, 3.8) is 0 Å². The van der Waals surface area contributed by atoms with Crippen LogP contribution in [0.15, 0.2) is 42.5 Å². The van der Waals surface area contributed by atoms with E-state index < -0.39 is 11.7 Å². The van der Waals surface area contributed by atoms with Crippen molar-refractivity contribution in [1.82, 2.24) is 0 Å². The van der Waals surface area contributed by atoms with E-state index in [1.54, 1.807) is 37.3 Å². The van der Waals surface area contributed by atoms with Crippen LogP contribution in [0, 0.1) is 24.1 Å². The first-order valence-electron chi connectivity index (χ1n) is 6.08. The largest absolute Gasteiger partial charge is 0.310 e. The van der Waals surface area contributed by atoms with Gasteiger partial charge in [0.2, 0.25) is 0 Å². The molecule has 4 heteroatoms. The summed E-state index contributed by atoms with van der Waals surface area (Å²) in [5.74, 6) is -1.05. The van der Waals surface area contributed by atoms with Crippen LogP contribution in [0.4, 0.5) is 10.1 Å². The van der Waals surface area contributed by atoms with Gasteiger partial charge in [-0.15, -0.1) is 0 Å². The van der Waals surface area contributed by atoms with Crippen LogP contribution in [0.5, 0.6) is 0 Å². The molecule has 0 aliphatic rings. The first-order chi connectivity index (χ1) is 9.54. The molecule has 2 aromatic carbocycles. The predicted octanol–water partition coefficient (Wildman–Crippen LogP) is 3.28. The number of anilines is 1. The van der Waals surface area contributed by atoms with E-state index in [1.807, 2.05) is 6.07 Å². The third kappa shape index (κ3) is 2.52. The summed E-state index contributed by atoms with van der Waals surface area (Å²) in [5.41, 5.74) is 1.63. The van der Waals surface area contributed by atoms with Crippen molar-refractivity contribution in [1.29, 1.82) is 5.26 Å². The number of nitrogens with zero attached hydrogens (tertiary/aromatic N) is 2. The first-order valence-corrected chi connectivity index (χ1v) is 6.08. The Balaban J connectivity index is 2.43. The molecule has 0 spiro atoms. The van der Waals surface area contributed by atoms with E-state index in [1.165, 1.54) is 24.1 Å². The number of benzene rings is 2. The molecule has 0 aliphatic heterocycles. The summed E-state index contributed by atoms with van der Waals surface area (Å²) in [4.78, 5) is 13.7. The van der Waals surface area contributed by atoms with Gasteiger partial charge in [-0.05, 0) is 31.2 Å². The van der Waals surface area contributed by atoms with Crippen LogP contribution in [0.25, 0.3) is 0 Å². The summed E-state index contributed by atoms with van der Waals surface area (Å²) >= 11 is 0. The molecule has 0 bridgehead atoms. The second-order valence-electron chi connectivity index (χ2n) is 4.48. The average molecular weight is 268 g/mol. The predicted molar refractivity (Wildman–Crippen MR) is 75.0 cm³/mol. The molecule has 2 aromatic rings. The van der Waals surface area contributed by atoms with Crippen LogP contribution in [0.2, 0.25) is 0 Å². The van der Waals surface area contributed by atoms with Crippen LogP contribution in [0.3, 0.4) is 0 Å². The average Bonchev–Trinajstić information content (AvgIpc) is 2.48. The number of amides is 1. The number of nitriles is 1. The number of carbonyl (C=O) groups excluding carboxylic acids is 1. The first kappa shape index (κ1) is 13.8. The number of aryl methyl sites for hydroxylation is 1. The van der Waals surface area contributed by atoms with Crippen molar-refractivity contribution in [3.8, 4) is 6.07 Å². The van der Waals surface area contributed by atoms with E-state index in [0.717, 1.165) is 5.56 Å². The van der Waals surface area contributed by atoms with Crippen molar-refractivity contribution in [2.45, 2.75) is 6.92 Å². The Morgan fingerprint density at radius 1 is 1.25 bits per heavy atom. The Kier molecular flexibility index (Phi) is 3.81. The quantitative estimate of drug-likeness (QED) is 0.839. The Labute approximate surface area is 116 Å². The second kappa shape index (κ2) is 5.54. The number of hydrogen-bond donors (Lipinski definition) is 0. The van der Waals surface area contributed by atoms with Gasteiger partial charge in [-0.2, -0.15) is 5.26 Å². The Hall–Kier alpha value is -2.67. The van der Waals surface area contributed by atoms with E-state index in [4.69, 9.17) is 5.26 Å². The van der Waals surface area contributed by atoms with Gasteiger partial charge in [0.05, 0.1) is 16.8 Å². The Morgan fingerprint density at radius 2 is 1.95 bits per heavy atom. The molecule has 0 aliphatic carbocycles. The normalized spacial score (nSPS) is 9.90. The van der Waals surface area contributed by atoms with Gasteiger partial charge in [0.15, 0.2) is 0 Å². The van der Waals surface area contributed by atoms with Crippen LogP contribution < -0.4 is 4.90 Å². The molecule has 3 nitrogen and oxygen atoms in total. The standard InChI is InChI=1S/C16H13FN2O/c1-11-7-8-14(17)13(9-11)16(20)19(2)15-6-4-3-5-12(15)10-18/h3-9H,1-2H3. The van der Waals surface area contributed by atoms with Gasteiger partial charge in [0, 0.05) is 7.05 Å². The molecule has 100 valence electrons. The van der Waals surface area contributed by atoms with Crippen LogP contribution in [0.1, 0.15) is 21.5 Å². The van der Waals surface area contributed by atoms with Crippen molar-refractivity contribution < 1.29 is 9.18 Å². The van der Waals surface area contributed by atoms with Gasteiger partial charge in [0.1, 0.15) is 11.9 Å². The molecule has 0 atom stereocenters. The highest BCUT2D eigenvalue weighted by Gasteiger charge is 2.19. The maximum Gasteiger partial charge on any atom is 0.261 e. The lowest BCUT2D eigenvalue weighted by Gasteiger charge is -2.19. The maximum atomic E-state index is 13.8. The zero-order valence-electron chi connectivity index (χ0n) is 11.2. The van der Waals surface area contributed by atoms with Crippen molar-refractivity contribution in [3.05, 3.63) is 65.0 Å². The number of rotatable bonds is 2. The fourth-order valence-electron chi connectivity index (χ4n) is 1.95. The number of para-hydroxylation sites is 1. The van der Waals surface area contributed by atoms with E-state index >= 15 is 0 Å². The molecular weight excluding hydrogens is 255 g/mol. The Bertz CT molecular complexity index is 704. The molecule has 1 amide bonds. The molecule has 0 saturated carbocycles. The van der Waals surface area contributed by atoms with Crippen LogP contribution in [-0.4, -0.2) is 13.0 Å². The minimum absolute atomic E-state index is 0.000225. The Morgan fingerprint density at radius 3 is 2.65 bits per heavy atom. The summed E-state index contributed by atoms with van der Waals surface area (Å²) in [6.07, 6.45) is 0. The third-order valence-corrected chi connectivity index (χ3v) is 3.04. The van der Waals surface area contributed by atoms with Crippen LogP contribution in [-0.2, 0) is 0 Å². The third-order valence-electron chi connectivity index (χ3n) is 3.04. The lowest BCUT2D eigenvalue weighted by Crippen LogP contribution is -2.27. The number of hydrogen-bond acceptors (Lipinski definition) is 2. The molecule has 0 unspecified atom stereocenters. The lowest BCUT2D eigenvalue weighted by atomic mass is 10.1. The summed E-state index contributed by atoms with van der Waals surface area (Å²) < 4.78 is 13.8. The van der Waals surface area contributed by atoms with E-state index in [0.29, 0.717) is 11.3 Å². The summed E-state index contributed by atoms with van der Waals surface area (Å²) in [6, 6.07) is 13.1. The van der Waals surface area contributed by atoms with E-state index in [9.17, 15) is 9.18 Å². The molecule has 0 radical (unpaired) electrons. The van der Waals surface area contributed by atoms with E-state index in [-0.39, 0.29) is 5.56 Å². The van der Waals surface area contributed by atoms with Crippen LogP contribution >= 0.6 is 0 Å². The zero-order valence-corrected chi connectivity index (χ0v) is 11.2. The van der Waals surface area contributed by atoms with Gasteiger partial charge in [-0.1, -0.05) is 23.8 Å². The summed E-state index contributed by atoms with van der Waals surface area (Å²) in [5, 5.41) is 9.06. The second-order valence-corrected chi connectivity index (χ2v) is 4.48. The molecule has 20 heavy (non-hydrogen) atoms. The maximum absolute atomic E-state index is 13.8. The van der Waals surface area contributed by atoms with E-state index in [2.05, 4.69) is 0 Å². The molecular formula is C16H13FN2O.